The summed E-state index contributed by atoms with van der Waals surface area (Å²) in [6.07, 6.45) is 1.46. The highest BCUT2D eigenvalue weighted by molar-refractivity contribution is 7.85. The van der Waals surface area contributed by atoms with Gasteiger partial charge in [0, 0.05) is 6.61 Å². The van der Waals surface area contributed by atoms with Crippen molar-refractivity contribution in [2.45, 2.75) is 12.8 Å². The van der Waals surface area contributed by atoms with Crippen LogP contribution in [-0.2, 0) is 11.2 Å². The zero-order valence-electron chi connectivity index (χ0n) is 9.76. The molecule has 1 aliphatic rings. The maximum Gasteiger partial charge on any atom is 0.245 e. The Morgan fingerprint density at radius 2 is 2.28 bits per heavy atom. The third kappa shape index (κ3) is 2.80. The zero-order chi connectivity index (χ0) is 13.0. The molecule has 98 valence electrons. The summed E-state index contributed by atoms with van der Waals surface area (Å²) in [4.78, 5) is 0. The predicted molar refractivity (Wildman–Crippen MR) is 70.7 cm³/mol. The molecular formula is C11H15N3O3S. The monoisotopic (exact) mass is 269 g/mol. The lowest BCUT2D eigenvalue weighted by molar-refractivity contribution is 0.253. The summed E-state index contributed by atoms with van der Waals surface area (Å²) in [5.74, 6) is 0.815. The number of fused-ring (bicyclic) bond motifs is 1. The molecule has 0 spiro atoms. The minimum Gasteiger partial charge on any atom is -0.493 e. The Kier molecular flexibility index (Phi) is 4.16. The highest BCUT2D eigenvalue weighted by Gasteiger charge is 2.19. The maximum atomic E-state index is 11.3. The number of nitrogens with one attached hydrogen (secondary N) is 1. The number of benzene rings is 1. The van der Waals surface area contributed by atoms with Crippen molar-refractivity contribution in [3.63, 3.8) is 0 Å². The van der Waals surface area contributed by atoms with Gasteiger partial charge in [-0.05, 0) is 25.0 Å². The highest BCUT2D eigenvalue weighted by atomic mass is 32.2. The molecule has 18 heavy (non-hydrogen) atoms. The number of nitrogens with two attached hydrogens (primary N) is 1. The van der Waals surface area contributed by atoms with E-state index in [0.717, 1.165) is 6.42 Å². The van der Waals surface area contributed by atoms with Gasteiger partial charge in [-0.15, -0.1) is 0 Å². The van der Waals surface area contributed by atoms with Crippen molar-refractivity contribution in [1.82, 2.24) is 0 Å². The number of aliphatic hydroxyl groups is 1. The number of hydrogen-bond donors (Lipinski definition) is 3. The highest BCUT2D eigenvalue weighted by Crippen LogP contribution is 2.29. The van der Waals surface area contributed by atoms with E-state index in [1.54, 1.807) is 18.2 Å². The van der Waals surface area contributed by atoms with E-state index in [4.69, 9.17) is 15.6 Å². The van der Waals surface area contributed by atoms with E-state index in [2.05, 4.69) is 9.12 Å². The van der Waals surface area contributed by atoms with Gasteiger partial charge in [-0.2, -0.15) is 4.40 Å². The largest absolute Gasteiger partial charge is 0.493 e. The van der Waals surface area contributed by atoms with Crippen LogP contribution in [0.3, 0.4) is 0 Å². The number of unbranched alkanes of at least 4 members (excludes halogenated alkanes) is 1. The van der Waals surface area contributed by atoms with E-state index in [1.807, 2.05) is 0 Å². The van der Waals surface area contributed by atoms with Crippen LogP contribution in [-0.4, -0.2) is 28.4 Å². The Balaban J connectivity index is 2.16. The van der Waals surface area contributed by atoms with Crippen LogP contribution in [0.5, 0.6) is 5.75 Å². The second kappa shape index (κ2) is 5.83. The lowest BCUT2D eigenvalue weighted by Gasteiger charge is -2.18. The molecule has 1 heterocycles. The van der Waals surface area contributed by atoms with Gasteiger partial charge >= 0.3 is 0 Å². The molecular weight excluding hydrogens is 254 g/mol. The Morgan fingerprint density at radius 1 is 1.44 bits per heavy atom. The van der Waals surface area contributed by atoms with Gasteiger partial charge in [0.2, 0.25) is 11.2 Å². The van der Waals surface area contributed by atoms with Crippen molar-refractivity contribution in [3.8, 4) is 5.75 Å². The SMILES string of the molecule is NC1=NS(=O)Nc2cccc(OCCCCO)c21. The van der Waals surface area contributed by atoms with Gasteiger partial charge in [0.1, 0.15) is 11.6 Å². The van der Waals surface area contributed by atoms with Crippen molar-refractivity contribution < 1.29 is 14.1 Å². The molecule has 7 heteroatoms. The summed E-state index contributed by atoms with van der Waals surface area (Å²) in [6, 6.07) is 5.36. The van der Waals surface area contributed by atoms with E-state index in [1.165, 1.54) is 0 Å². The molecule has 0 radical (unpaired) electrons. The van der Waals surface area contributed by atoms with Gasteiger partial charge in [-0.3, -0.25) is 4.72 Å². The molecule has 0 saturated carbocycles. The standard InChI is InChI=1S/C11H15N3O3S/c12-11-10-8(13-18(16)14-11)4-3-5-9(10)17-7-2-1-6-15/h3-5,13,15H,1-2,6-7H2,(H2,12,14). The number of rotatable bonds is 5. The van der Waals surface area contributed by atoms with Crippen LogP contribution in [0, 0.1) is 0 Å². The van der Waals surface area contributed by atoms with Crippen LogP contribution in [0.25, 0.3) is 0 Å². The van der Waals surface area contributed by atoms with Crippen molar-refractivity contribution in [2.75, 3.05) is 17.9 Å². The topological polar surface area (TPSA) is 96.9 Å². The van der Waals surface area contributed by atoms with Gasteiger partial charge in [-0.25, -0.2) is 4.21 Å². The third-order valence-corrected chi connectivity index (χ3v) is 3.23. The Bertz CT molecular complexity index is 490. The summed E-state index contributed by atoms with van der Waals surface area (Å²) < 4.78 is 23.4. The van der Waals surface area contributed by atoms with Crippen molar-refractivity contribution >= 4 is 22.7 Å². The smallest absolute Gasteiger partial charge is 0.245 e. The van der Waals surface area contributed by atoms with Crippen LogP contribution in [0.4, 0.5) is 5.69 Å². The van der Waals surface area contributed by atoms with Gasteiger partial charge in [0.15, 0.2) is 0 Å². The van der Waals surface area contributed by atoms with Gasteiger partial charge in [-0.1, -0.05) is 6.07 Å². The summed E-state index contributed by atoms with van der Waals surface area (Å²) in [5.41, 5.74) is 7.06. The first kappa shape index (κ1) is 12.8. The molecule has 1 aliphatic heterocycles. The molecule has 1 aromatic carbocycles. The average Bonchev–Trinajstić information content (AvgIpc) is 2.34. The van der Waals surface area contributed by atoms with Crippen LogP contribution in [0.1, 0.15) is 18.4 Å². The zero-order valence-corrected chi connectivity index (χ0v) is 10.6. The van der Waals surface area contributed by atoms with E-state index < -0.39 is 11.2 Å². The fourth-order valence-corrected chi connectivity index (χ4v) is 2.32. The summed E-state index contributed by atoms with van der Waals surface area (Å²) in [5, 5.41) is 8.69. The second-order valence-electron chi connectivity index (χ2n) is 3.79. The second-order valence-corrected chi connectivity index (χ2v) is 4.67. The molecule has 1 aromatic rings. The third-order valence-electron chi connectivity index (χ3n) is 2.47. The first-order valence-corrected chi connectivity index (χ1v) is 6.73. The summed E-state index contributed by atoms with van der Waals surface area (Å²) >= 11 is -1.52. The normalized spacial score (nSPS) is 17.6. The molecule has 0 saturated heterocycles. The van der Waals surface area contributed by atoms with Crippen molar-refractivity contribution in [1.29, 1.82) is 0 Å². The van der Waals surface area contributed by atoms with E-state index >= 15 is 0 Å². The van der Waals surface area contributed by atoms with Crippen molar-refractivity contribution in [2.24, 2.45) is 10.1 Å². The molecule has 4 N–H and O–H groups in total. The predicted octanol–water partition coefficient (Wildman–Crippen LogP) is 0.547. The van der Waals surface area contributed by atoms with Crippen molar-refractivity contribution in [3.05, 3.63) is 23.8 Å². The van der Waals surface area contributed by atoms with Gasteiger partial charge in [0.05, 0.1) is 17.9 Å². The number of anilines is 1. The van der Waals surface area contributed by atoms with E-state index in [-0.39, 0.29) is 12.4 Å². The Morgan fingerprint density at radius 3 is 3.06 bits per heavy atom. The fraction of sp³-hybridized carbons (Fsp3) is 0.364. The van der Waals surface area contributed by atoms with Crippen LogP contribution in [0.15, 0.2) is 22.6 Å². The summed E-state index contributed by atoms with van der Waals surface area (Å²) in [6.45, 7) is 0.647. The molecule has 0 bridgehead atoms. The number of amidine groups is 1. The Labute approximate surface area is 108 Å². The quantitative estimate of drug-likeness (QED) is 0.680. The Hall–Kier alpha value is -1.60. The number of ether oxygens (including phenoxy) is 1. The molecule has 2 rings (SSSR count). The lowest BCUT2D eigenvalue weighted by Crippen LogP contribution is -2.24. The molecule has 1 unspecified atom stereocenters. The molecule has 1 atom stereocenters. The summed E-state index contributed by atoms with van der Waals surface area (Å²) in [7, 11) is 0. The molecule has 0 fully saturated rings. The molecule has 0 aliphatic carbocycles. The molecule has 6 nitrogen and oxygen atoms in total. The van der Waals surface area contributed by atoms with E-state index in [0.29, 0.717) is 30.0 Å². The number of hydrogen-bond acceptors (Lipinski definition) is 4. The van der Waals surface area contributed by atoms with Crippen LogP contribution in [0.2, 0.25) is 0 Å². The number of aliphatic hydroxyl groups excluding tert-OH is 1. The first-order chi connectivity index (χ1) is 8.72. The van der Waals surface area contributed by atoms with Crippen LogP contribution >= 0.6 is 0 Å². The fourth-order valence-electron chi connectivity index (χ4n) is 1.65. The van der Waals surface area contributed by atoms with Gasteiger partial charge < -0.3 is 15.6 Å². The lowest BCUT2D eigenvalue weighted by atomic mass is 10.1. The molecule has 0 amide bonds. The average molecular weight is 269 g/mol. The maximum absolute atomic E-state index is 11.3. The minimum absolute atomic E-state index is 0.153. The molecule has 0 aromatic heterocycles. The number of nitrogens with zero attached hydrogens (tertiary/aromatic N) is 1. The van der Waals surface area contributed by atoms with Gasteiger partial charge in [0.25, 0.3) is 0 Å². The first-order valence-electron chi connectivity index (χ1n) is 5.62. The van der Waals surface area contributed by atoms with E-state index in [9.17, 15) is 4.21 Å². The van der Waals surface area contributed by atoms with Crippen LogP contribution < -0.4 is 15.2 Å². The minimum atomic E-state index is -1.52.